The Bertz CT molecular complexity index is 423. The summed E-state index contributed by atoms with van der Waals surface area (Å²) in [4.78, 5) is 4.25. The summed E-state index contributed by atoms with van der Waals surface area (Å²) in [6.45, 7) is 1.96. The first-order chi connectivity index (χ1) is 6.81. The van der Waals surface area contributed by atoms with Gasteiger partial charge >= 0.3 is 0 Å². The third-order valence-electron chi connectivity index (χ3n) is 2.00. The van der Waals surface area contributed by atoms with Crippen LogP contribution in [0.3, 0.4) is 0 Å². The summed E-state index contributed by atoms with van der Waals surface area (Å²) in [7, 11) is 1.65. The van der Waals surface area contributed by atoms with Crippen LogP contribution < -0.4 is 4.74 Å². The molecule has 0 N–H and O–H groups in total. The molecule has 0 unspecified atom stereocenters. The van der Waals surface area contributed by atoms with Gasteiger partial charge in [0.15, 0.2) is 5.82 Å². The molecule has 2 aromatic rings. The van der Waals surface area contributed by atoms with E-state index in [0.29, 0.717) is 0 Å². The standard InChI is InChI=1S/C10H11N3O/c1-8-7-11-10(6-9(8)14-2)13-5-3-4-12-13/h3-7H,1-2H3. The molecule has 14 heavy (non-hydrogen) atoms. The quantitative estimate of drug-likeness (QED) is 0.720. The van der Waals surface area contributed by atoms with E-state index in [4.69, 9.17) is 4.74 Å². The zero-order valence-corrected chi connectivity index (χ0v) is 8.14. The van der Waals surface area contributed by atoms with Crippen LogP contribution in [-0.2, 0) is 0 Å². The summed E-state index contributed by atoms with van der Waals surface area (Å²) >= 11 is 0. The van der Waals surface area contributed by atoms with Crippen LogP contribution in [-0.4, -0.2) is 21.9 Å². The van der Waals surface area contributed by atoms with E-state index < -0.39 is 0 Å². The Labute approximate surface area is 82.2 Å². The summed E-state index contributed by atoms with van der Waals surface area (Å²) in [6, 6.07) is 3.72. The Kier molecular flexibility index (Phi) is 2.18. The molecule has 2 aromatic heterocycles. The maximum atomic E-state index is 5.20. The van der Waals surface area contributed by atoms with Crippen molar-refractivity contribution in [3.05, 3.63) is 36.3 Å². The second-order valence-electron chi connectivity index (χ2n) is 2.96. The summed E-state index contributed by atoms with van der Waals surface area (Å²) < 4.78 is 6.90. The number of hydrogen-bond donors (Lipinski definition) is 0. The highest BCUT2D eigenvalue weighted by molar-refractivity contribution is 5.37. The molecule has 4 heteroatoms. The second-order valence-corrected chi connectivity index (χ2v) is 2.96. The molecule has 0 radical (unpaired) electrons. The maximum absolute atomic E-state index is 5.20. The van der Waals surface area contributed by atoms with Gasteiger partial charge in [0.2, 0.25) is 0 Å². The summed E-state index contributed by atoms with van der Waals surface area (Å²) in [5.41, 5.74) is 1.02. The third kappa shape index (κ3) is 1.46. The number of methoxy groups -OCH3 is 1. The van der Waals surface area contributed by atoms with Crippen LogP contribution in [0.2, 0.25) is 0 Å². The fraction of sp³-hybridized carbons (Fsp3) is 0.200. The van der Waals surface area contributed by atoms with Gasteiger partial charge in [-0.05, 0) is 13.0 Å². The molecule has 0 amide bonds. The first-order valence-corrected chi connectivity index (χ1v) is 4.32. The minimum Gasteiger partial charge on any atom is -0.496 e. The van der Waals surface area contributed by atoms with Crippen LogP contribution in [0.15, 0.2) is 30.7 Å². The monoisotopic (exact) mass is 189 g/mol. The van der Waals surface area contributed by atoms with Crippen molar-refractivity contribution in [1.82, 2.24) is 14.8 Å². The van der Waals surface area contributed by atoms with E-state index in [2.05, 4.69) is 10.1 Å². The van der Waals surface area contributed by atoms with E-state index in [1.165, 1.54) is 0 Å². The molecule has 0 saturated heterocycles. The zero-order chi connectivity index (χ0) is 9.97. The van der Waals surface area contributed by atoms with Gasteiger partial charge in [0.05, 0.1) is 7.11 Å². The largest absolute Gasteiger partial charge is 0.496 e. The number of pyridine rings is 1. The van der Waals surface area contributed by atoms with E-state index in [9.17, 15) is 0 Å². The van der Waals surface area contributed by atoms with Gasteiger partial charge in [-0.3, -0.25) is 0 Å². The highest BCUT2D eigenvalue weighted by Crippen LogP contribution is 2.18. The van der Waals surface area contributed by atoms with Crippen molar-refractivity contribution in [2.45, 2.75) is 6.92 Å². The van der Waals surface area contributed by atoms with Gasteiger partial charge in [0.1, 0.15) is 5.75 Å². The number of nitrogens with zero attached hydrogens (tertiary/aromatic N) is 3. The van der Waals surface area contributed by atoms with Crippen LogP contribution in [0.5, 0.6) is 5.75 Å². The predicted octanol–water partition coefficient (Wildman–Crippen LogP) is 1.58. The number of hydrogen-bond acceptors (Lipinski definition) is 3. The van der Waals surface area contributed by atoms with Crippen molar-refractivity contribution >= 4 is 0 Å². The van der Waals surface area contributed by atoms with E-state index >= 15 is 0 Å². The Hall–Kier alpha value is -1.84. The van der Waals surface area contributed by atoms with Crippen molar-refractivity contribution in [3.8, 4) is 11.6 Å². The third-order valence-corrected chi connectivity index (χ3v) is 2.00. The lowest BCUT2D eigenvalue weighted by Gasteiger charge is -2.06. The summed E-state index contributed by atoms with van der Waals surface area (Å²) in [5.74, 6) is 1.59. The molecule has 0 aliphatic heterocycles. The normalized spacial score (nSPS) is 10.1. The predicted molar refractivity (Wildman–Crippen MR) is 52.6 cm³/mol. The van der Waals surface area contributed by atoms with Gasteiger partial charge in [-0.2, -0.15) is 5.10 Å². The lowest BCUT2D eigenvalue weighted by Crippen LogP contribution is -1.99. The fourth-order valence-corrected chi connectivity index (χ4v) is 1.24. The van der Waals surface area contributed by atoms with Crippen LogP contribution in [0.1, 0.15) is 5.56 Å². The molecule has 2 rings (SSSR count). The Morgan fingerprint density at radius 3 is 2.93 bits per heavy atom. The average molecular weight is 189 g/mol. The molecule has 0 saturated carbocycles. The van der Waals surface area contributed by atoms with Gasteiger partial charge in [0, 0.05) is 30.2 Å². The fourth-order valence-electron chi connectivity index (χ4n) is 1.24. The first-order valence-electron chi connectivity index (χ1n) is 4.32. The van der Waals surface area contributed by atoms with Crippen molar-refractivity contribution in [1.29, 1.82) is 0 Å². The van der Waals surface area contributed by atoms with Crippen molar-refractivity contribution in [2.24, 2.45) is 0 Å². The van der Waals surface area contributed by atoms with E-state index in [0.717, 1.165) is 17.1 Å². The summed E-state index contributed by atoms with van der Waals surface area (Å²) in [6.07, 6.45) is 5.33. The molecule has 0 bridgehead atoms. The molecule has 72 valence electrons. The molecular weight excluding hydrogens is 178 g/mol. The van der Waals surface area contributed by atoms with Gasteiger partial charge in [-0.1, -0.05) is 0 Å². The highest BCUT2D eigenvalue weighted by atomic mass is 16.5. The lowest BCUT2D eigenvalue weighted by molar-refractivity contribution is 0.410. The molecule has 0 fully saturated rings. The minimum atomic E-state index is 0.762. The molecule has 0 spiro atoms. The van der Waals surface area contributed by atoms with Crippen molar-refractivity contribution < 1.29 is 4.74 Å². The van der Waals surface area contributed by atoms with Gasteiger partial charge in [0.25, 0.3) is 0 Å². The maximum Gasteiger partial charge on any atom is 0.156 e. The van der Waals surface area contributed by atoms with Crippen LogP contribution in [0, 0.1) is 6.92 Å². The number of ether oxygens (including phenoxy) is 1. The van der Waals surface area contributed by atoms with Crippen LogP contribution in [0.4, 0.5) is 0 Å². The molecule has 0 aliphatic rings. The molecule has 4 nitrogen and oxygen atoms in total. The van der Waals surface area contributed by atoms with Gasteiger partial charge in [-0.15, -0.1) is 0 Å². The lowest BCUT2D eigenvalue weighted by atomic mass is 10.3. The molecule has 2 heterocycles. The van der Waals surface area contributed by atoms with Gasteiger partial charge < -0.3 is 4.74 Å². The van der Waals surface area contributed by atoms with Crippen molar-refractivity contribution in [2.75, 3.05) is 7.11 Å². The topological polar surface area (TPSA) is 39.9 Å². The molecule has 0 aliphatic carbocycles. The zero-order valence-electron chi connectivity index (χ0n) is 8.14. The van der Waals surface area contributed by atoms with Crippen LogP contribution in [0.25, 0.3) is 5.82 Å². The minimum absolute atomic E-state index is 0.762. The van der Waals surface area contributed by atoms with Gasteiger partial charge in [-0.25, -0.2) is 9.67 Å². The Morgan fingerprint density at radius 2 is 2.29 bits per heavy atom. The molecular formula is C10H11N3O. The van der Waals surface area contributed by atoms with E-state index in [1.54, 1.807) is 24.2 Å². The number of rotatable bonds is 2. The summed E-state index contributed by atoms with van der Waals surface area (Å²) in [5, 5.41) is 4.09. The average Bonchev–Trinajstić information content (AvgIpc) is 2.71. The highest BCUT2D eigenvalue weighted by Gasteiger charge is 2.02. The van der Waals surface area contributed by atoms with Crippen molar-refractivity contribution in [3.63, 3.8) is 0 Å². The first kappa shape index (κ1) is 8.74. The Balaban J connectivity index is 2.46. The van der Waals surface area contributed by atoms with E-state index in [-0.39, 0.29) is 0 Å². The number of aryl methyl sites for hydroxylation is 1. The Morgan fingerprint density at radius 1 is 1.43 bits per heavy atom. The molecule has 0 aromatic carbocycles. The second kappa shape index (κ2) is 3.49. The van der Waals surface area contributed by atoms with E-state index in [1.807, 2.05) is 25.3 Å². The SMILES string of the molecule is COc1cc(-n2cccn2)ncc1C. The smallest absolute Gasteiger partial charge is 0.156 e. The van der Waals surface area contributed by atoms with Crippen LogP contribution >= 0.6 is 0 Å². The molecule has 0 atom stereocenters. The number of aromatic nitrogens is 3.